The van der Waals surface area contributed by atoms with E-state index in [0.29, 0.717) is 0 Å². The molecule has 1 aliphatic heterocycles. The lowest BCUT2D eigenvalue weighted by Gasteiger charge is -2.74. The normalized spacial score (nSPS) is 16.4. The van der Waals surface area contributed by atoms with E-state index in [-0.39, 0.29) is 6.04 Å². The molecule has 1 fully saturated rings. The maximum Gasteiger partial charge on any atom is 0.0490 e. The zero-order chi connectivity index (χ0) is 46.6. The maximum absolute atomic E-state index is 3.16. The number of hydrogen-bond acceptors (Lipinski definition) is 2. The molecule has 0 bridgehead atoms. The van der Waals surface area contributed by atoms with Crippen LogP contribution >= 0.6 is 0 Å². The number of benzene rings is 9. The van der Waals surface area contributed by atoms with Gasteiger partial charge in [-0.15, -0.1) is 0 Å². The second-order valence-corrected chi connectivity index (χ2v) is 19.5. The molecule has 69 heavy (non-hydrogen) atoms. The summed E-state index contributed by atoms with van der Waals surface area (Å²) in [7, 11) is 0. The Labute approximate surface area is 411 Å². The van der Waals surface area contributed by atoms with Crippen LogP contribution in [0.4, 0.5) is 0 Å². The molecule has 1 aliphatic rings. The second-order valence-electron chi connectivity index (χ2n) is 19.5. The predicted molar refractivity (Wildman–Crippen MR) is 287 cm³/mol. The Morgan fingerprint density at radius 3 is 0.812 bits per heavy atom. The van der Waals surface area contributed by atoms with Crippen molar-refractivity contribution in [2.75, 3.05) is 0 Å². The first-order valence-corrected chi connectivity index (χ1v) is 25.0. The molecule has 9 aromatic carbocycles. The molecule has 10 rings (SSSR count). The molecule has 0 amide bonds. The van der Waals surface area contributed by atoms with E-state index < -0.39 is 16.6 Å². The Kier molecular flexibility index (Phi) is 14.2. The van der Waals surface area contributed by atoms with Gasteiger partial charge in [0, 0.05) is 35.7 Å². The largest absolute Gasteiger partial charge is 0.286 e. The number of rotatable bonds is 18. The third-order valence-electron chi connectivity index (χ3n) is 15.2. The molecule has 0 saturated carbocycles. The van der Waals surface area contributed by atoms with Gasteiger partial charge in [-0.25, -0.2) is 0 Å². The van der Waals surface area contributed by atoms with Crippen LogP contribution in [0.1, 0.15) is 50.1 Å². The zero-order valence-corrected chi connectivity index (χ0v) is 39.8. The number of hydrogen-bond donors (Lipinski definition) is 0. The van der Waals surface area contributed by atoms with E-state index in [9.17, 15) is 0 Å². The maximum atomic E-state index is 3.16. The molecule has 1 heterocycles. The van der Waals surface area contributed by atoms with Crippen LogP contribution in [0.25, 0.3) is 0 Å². The van der Waals surface area contributed by atoms with Gasteiger partial charge in [0.05, 0.1) is 0 Å². The van der Waals surface area contributed by atoms with Crippen LogP contribution < -0.4 is 0 Å². The third kappa shape index (κ3) is 10.2. The van der Waals surface area contributed by atoms with Crippen molar-refractivity contribution in [3.63, 3.8) is 0 Å². The van der Waals surface area contributed by atoms with Crippen LogP contribution in [0.5, 0.6) is 0 Å². The van der Waals surface area contributed by atoms with Crippen molar-refractivity contribution < 1.29 is 0 Å². The van der Waals surface area contributed by atoms with Crippen LogP contribution in [0, 0.1) is 0 Å². The van der Waals surface area contributed by atoms with Gasteiger partial charge in [-0.1, -0.05) is 273 Å². The highest BCUT2D eigenvalue weighted by Gasteiger charge is 2.69. The average molecular weight is 897 g/mol. The van der Waals surface area contributed by atoms with Crippen molar-refractivity contribution in [3.05, 3.63) is 323 Å². The molecule has 0 N–H and O–H groups in total. The zero-order valence-electron chi connectivity index (χ0n) is 39.8. The fourth-order valence-corrected chi connectivity index (χ4v) is 12.3. The van der Waals surface area contributed by atoms with Gasteiger partial charge in [0.15, 0.2) is 0 Å². The van der Waals surface area contributed by atoms with E-state index in [0.717, 1.165) is 58.0 Å². The van der Waals surface area contributed by atoms with Gasteiger partial charge >= 0.3 is 0 Å². The fraction of sp³-hybridized carbons (Fsp3) is 0.194. The first-order valence-electron chi connectivity index (χ1n) is 25.0. The van der Waals surface area contributed by atoms with Crippen molar-refractivity contribution in [2.45, 2.75) is 80.7 Å². The van der Waals surface area contributed by atoms with E-state index in [2.05, 4.69) is 283 Å². The van der Waals surface area contributed by atoms with Gasteiger partial charge in [-0.3, -0.25) is 9.80 Å². The molecule has 2 heteroatoms. The molecule has 1 saturated heterocycles. The van der Waals surface area contributed by atoms with Crippen molar-refractivity contribution in [1.29, 1.82) is 0 Å². The predicted octanol–water partition coefficient (Wildman–Crippen LogP) is 14.3. The Morgan fingerprint density at radius 2 is 0.493 bits per heavy atom. The fourth-order valence-electron chi connectivity index (χ4n) is 12.3. The van der Waals surface area contributed by atoms with Gasteiger partial charge in [0.1, 0.15) is 0 Å². The summed E-state index contributed by atoms with van der Waals surface area (Å²) in [4.78, 5) is 6.28. The number of piperazine rings is 1. The minimum atomic E-state index is -0.539. The van der Waals surface area contributed by atoms with Gasteiger partial charge in [-0.2, -0.15) is 0 Å². The minimum Gasteiger partial charge on any atom is -0.286 e. The van der Waals surface area contributed by atoms with Crippen molar-refractivity contribution in [3.8, 4) is 0 Å². The Bertz CT molecular complexity index is 2770. The molecule has 0 radical (unpaired) electrons. The first kappa shape index (κ1) is 45.7. The van der Waals surface area contributed by atoms with Crippen molar-refractivity contribution in [2.24, 2.45) is 0 Å². The van der Waals surface area contributed by atoms with E-state index >= 15 is 0 Å². The van der Waals surface area contributed by atoms with Gasteiger partial charge in [0.2, 0.25) is 0 Å². The lowest BCUT2D eigenvalue weighted by atomic mass is 9.55. The minimum absolute atomic E-state index is 0.0244. The summed E-state index contributed by atoms with van der Waals surface area (Å²) in [5, 5.41) is 0. The summed E-state index contributed by atoms with van der Waals surface area (Å²) in [5.74, 6) is 0. The molecule has 0 spiro atoms. The molecule has 9 aromatic rings. The molecule has 1 unspecified atom stereocenters. The van der Waals surface area contributed by atoms with Gasteiger partial charge in [0.25, 0.3) is 0 Å². The van der Waals surface area contributed by atoms with Crippen LogP contribution in [-0.2, 0) is 58.0 Å². The van der Waals surface area contributed by atoms with E-state index in [1.165, 1.54) is 50.1 Å². The summed E-state index contributed by atoms with van der Waals surface area (Å²) in [6, 6.07) is 103. The monoisotopic (exact) mass is 897 g/mol. The average Bonchev–Trinajstić information content (AvgIpc) is 3.41. The molecular weight excluding hydrogens is 833 g/mol. The summed E-state index contributed by atoms with van der Waals surface area (Å²) < 4.78 is 0. The highest BCUT2D eigenvalue weighted by atomic mass is 15.4. The highest BCUT2D eigenvalue weighted by molar-refractivity contribution is 5.41. The molecular formula is C67H64N2. The first-order chi connectivity index (χ1) is 34.1. The highest BCUT2D eigenvalue weighted by Crippen LogP contribution is 2.56. The van der Waals surface area contributed by atoms with Gasteiger partial charge in [-0.05, 0) is 95.0 Å². The molecule has 0 aliphatic carbocycles. The standard InChI is InChI=1S/C67H64N2/c1-10-28-55(29-11-1)46-64-65(47-56-30-12-2-13-31-56,48-57-32-14-3-15-33-57)69(54-63-44-26-9-27-45-63)67(51-60-38-20-6-21-39-60,52-61-40-22-7-23-41-61)66(49-58-34-16-4-17-35-58,50-59-36-18-5-19-37-59)68(64)53-62-42-24-8-25-43-62/h1-45,64H,46-54H2. The quantitative estimate of drug-likeness (QED) is 0.0847. The summed E-state index contributed by atoms with van der Waals surface area (Å²) in [6.07, 6.45) is 5.95. The summed E-state index contributed by atoms with van der Waals surface area (Å²) in [6.45, 7) is 1.56. The SMILES string of the molecule is c1ccc(CC2N(Cc3ccccc3)C(Cc3ccccc3)(Cc3ccccc3)C(Cc3ccccc3)(Cc3ccccc3)N(Cc3ccccc3)C2(Cc2ccccc2)Cc2ccccc2)cc1. The van der Waals surface area contributed by atoms with Gasteiger partial charge < -0.3 is 0 Å². The summed E-state index contributed by atoms with van der Waals surface area (Å²) in [5.41, 5.74) is 10.6. The van der Waals surface area contributed by atoms with E-state index in [1.807, 2.05) is 0 Å². The number of nitrogens with zero attached hydrogens (tertiary/aromatic N) is 2. The van der Waals surface area contributed by atoms with E-state index in [4.69, 9.17) is 0 Å². The lowest BCUT2D eigenvalue weighted by Crippen LogP contribution is -2.87. The van der Waals surface area contributed by atoms with Crippen LogP contribution in [0.2, 0.25) is 0 Å². The molecule has 342 valence electrons. The Morgan fingerprint density at radius 1 is 0.246 bits per heavy atom. The Balaban J connectivity index is 1.41. The van der Waals surface area contributed by atoms with Crippen LogP contribution in [-0.4, -0.2) is 32.5 Å². The van der Waals surface area contributed by atoms with Crippen molar-refractivity contribution in [1.82, 2.24) is 9.80 Å². The topological polar surface area (TPSA) is 6.48 Å². The second kappa shape index (κ2) is 21.5. The van der Waals surface area contributed by atoms with Crippen LogP contribution in [0.3, 0.4) is 0 Å². The smallest absolute Gasteiger partial charge is 0.0490 e. The third-order valence-corrected chi connectivity index (χ3v) is 15.2. The summed E-state index contributed by atoms with van der Waals surface area (Å²) >= 11 is 0. The Hall–Kier alpha value is -7.10. The molecule has 0 aromatic heterocycles. The molecule has 1 atom stereocenters. The van der Waals surface area contributed by atoms with E-state index in [1.54, 1.807) is 0 Å². The molecule has 2 nitrogen and oxygen atoms in total. The van der Waals surface area contributed by atoms with Crippen LogP contribution in [0.15, 0.2) is 273 Å². The van der Waals surface area contributed by atoms with Crippen molar-refractivity contribution >= 4 is 0 Å². The lowest BCUT2D eigenvalue weighted by molar-refractivity contribution is -0.222.